The number of likely N-dealkylation sites (N-methyl/N-ethyl adjacent to an activating group) is 1. The molecule has 4 rings (SSSR count). The molecule has 0 saturated carbocycles. The Balaban J connectivity index is 1.63. The quantitative estimate of drug-likeness (QED) is 0.718. The summed E-state index contributed by atoms with van der Waals surface area (Å²) in [4.78, 5) is 4.84. The van der Waals surface area contributed by atoms with Crippen LogP contribution in [-0.4, -0.2) is 64.0 Å². The molecule has 146 valence electrons. The highest BCUT2D eigenvalue weighted by molar-refractivity contribution is 5.63. The molecule has 1 fully saturated rings. The number of para-hydroxylation sites is 1. The molecule has 1 saturated heterocycles. The van der Waals surface area contributed by atoms with Gasteiger partial charge in [-0.25, -0.2) is 4.68 Å². The van der Waals surface area contributed by atoms with Crippen LogP contribution in [0.4, 0.5) is 0 Å². The SMILES string of the molecule is CN1CCN(Cc2cn(-c3ccccc3)nc2-c2ccccc2)C[C@H]1CCO. The van der Waals surface area contributed by atoms with Crippen molar-refractivity contribution in [2.45, 2.75) is 19.0 Å². The molecule has 1 aliphatic rings. The second kappa shape index (κ2) is 8.69. The van der Waals surface area contributed by atoms with Crippen LogP contribution in [0.2, 0.25) is 0 Å². The summed E-state index contributed by atoms with van der Waals surface area (Å²) in [5, 5.41) is 14.3. The van der Waals surface area contributed by atoms with E-state index in [1.165, 1.54) is 5.56 Å². The van der Waals surface area contributed by atoms with Crippen LogP contribution in [0.5, 0.6) is 0 Å². The number of nitrogens with zero attached hydrogens (tertiary/aromatic N) is 4. The van der Waals surface area contributed by atoms with E-state index < -0.39 is 0 Å². The summed E-state index contributed by atoms with van der Waals surface area (Å²) in [6, 6.07) is 21.1. The molecule has 3 aromatic rings. The Morgan fingerprint density at radius 2 is 1.71 bits per heavy atom. The van der Waals surface area contributed by atoms with Crippen molar-refractivity contribution in [2.75, 3.05) is 33.3 Å². The third-order valence-corrected chi connectivity index (χ3v) is 5.58. The van der Waals surface area contributed by atoms with Crippen molar-refractivity contribution in [3.8, 4) is 16.9 Å². The van der Waals surface area contributed by atoms with E-state index in [-0.39, 0.29) is 6.61 Å². The average Bonchev–Trinajstić information content (AvgIpc) is 3.16. The highest BCUT2D eigenvalue weighted by Gasteiger charge is 2.25. The number of rotatable bonds is 6. The molecule has 5 heteroatoms. The van der Waals surface area contributed by atoms with Crippen LogP contribution in [0, 0.1) is 0 Å². The maximum atomic E-state index is 9.38. The van der Waals surface area contributed by atoms with Crippen molar-refractivity contribution in [1.82, 2.24) is 19.6 Å². The van der Waals surface area contributed by atoms with Crippen LogP contribution in [0.3, 0.4) is 0 Å². The Morgan fingerprint density at radius 1 is 1.00 bits per heavy atom. The van der Waals surface area contributed by atoms with Crippen molar-refractivity contribution in [3.05, 3.63) is 72.4 Å². The summed E-state index contributed by atoms with van der Waals surface area (Å²) in [6.07, 6.45) is 2.98. The van der Waals surface area contributed by atoms with E-state index in [1.807, 2.05) is 28.9 Å². The van der Waals surface area contributed by atoms with E-state index in [1.54, 1.807) is 0 Å². The van der Waals surface area contributed by atoms with Gasteiger partial charge in [-0.15, -0.1) is 0 Å². The van der Waals surface area contributed by atoms with Gasteiger partial charge in [-0.05, 0) is 25.6 Å². The van der Waals surface area contributed by atoms with Gasteiger partial charge >= 0.3 is 0 Å². The van der Waals surface area contributed by atoms with Crippen LogP contribution in [-0.2, 0) is 6.54 Å². The molecule has 1 aliphatic heterocycles. The van der Waals surface area contributed by atoms with Crippen molar-refractivity contribution >= 4 is 0 Å². The van der Waals surface area contributed by atoms with E-state index >= 15 is 0 Å². The smallest absolute Gasteiger partial charge is 0.0972 e. The largest absolute Gasteiger partial charge is 0.396 e. The standard InChI is InChI=1S/C23H28N4O/c1-25-13-14-26(18-22(25)12-15-28)16-20-17-27(21-10-6-3-7-11-21)24-23(20)19-8-4-2-5-9-19/h2-11,17,22,28H,12-16,18H2,1H3/t22-/m1/s1. The van der Waals surface area contributed by atoms with Crippen LogP contribution in [0.15, 0.2) is 66.9 Å². The van der Waals surface area contributed by atoms with Gasteiger partial charge in [0.15, 0.2) is 0 Å². The van der Waals surface area contributed by atoms with E-state index in [0.29, 0.717) is 6.04 Å². The van der Waals surface area contributed by atoms with Crippen molar-refractivity contribution in [2.24, 2.45) is 0 Å². The topological polar surface area (TPSA) is 44.5 Å². The summed E-state index contributed by atoms with van der Waals surface area (Å²) in [7, 11) is 2.15. The third-order valence-electron chi connectivity index (χ3n) is 5.58. The number of aromatic nitrogens is 2. The molecule has 0 unspecified atom stereocenters. The Morgan fingerprint density at radius 3 is 2.43 bits per heavy atom. The third kappa shape index (κ3) is 4.17. The lowest BCUT2D eigenvalue weighted by Gasteiger charge is -2.39. The zero-order valence-corrected chi connectivity index (χ0v) is 16.4. The molecule has 0 aliphatic carbocycles. The predicted octanol–water partition coefficient (Wildman–Crippen LogP) is 3.04. The maximum absolute atomic E-state index is 9.38. The van der Waals surface area contributed by atoms with Crippen molar-refractivity contribution in [3.63, 3.8) is 0 Å². The molecule has 2 heterocycles. The lowest BCUT2D eigenvalue weighted by molar-refractivity contribution is 0.0744. The predicted molar refractivity (Wildman–Crippen MR) is 112 cm³/mol. The van der Waals surface area contributed by atoms with Gasteiger partial charge in [0.1, 0.15) is 0 Å². The summed E-state index contributed by atoms with van der Waals surface area (Å²) in [5.74, 6) is 0. The lowest BCUT2D eigenvalue weighted by atomic mass is 10.1. The number of aliphatic hydroxyl groups excluding tert-OH is 1. The minimum absolute atomic E-state index is 0.240. The maximum Gasteiger partial charge on any atom is 0.0972 e. The van der Waals surface area contributed by atoms with Gasteiger partial charge in [0.05, 0.1) is 11.4 Å². The lowest BCUT2D eigenvalue weighted by Crippen LogP contribution is -2.51. The molecule has 0 bridgehead atoms. The van der Waals surface area contributed by atoms with E-state index in [0.717, 1.165) is 49.5 Å². The molecule has 0 spiro atoms. The Labute approximate surface area is 166 Å². The molecular formula is C23H28N4O. The first-order chi connectivity index (χ1) is 13.7. The number of hydrogen-bond acceptors (Lipinski definition) is 4. The van der Waals surface area contributed by atoms with E-state index in [9.17, 15) is 5.11 Å². The highest BCUT2D eigenvalue weighted by Crippen LogP contribution is 2.25. The zero-order valence-electron chi connectivity index (χ0n) is 16.4. The molecule has 1 aromatic heterocycles. The van der Waals surface area contributed by atoms with Crippen LogP contribution in [0.1, 0.15) is 12.0 Å². The first kappa shape index (κ1) is 18.9. The molecule has 0 radical (unpaired) electrons. The van der Waals surface area contributed by atoms with E-state index in [4.69, 9.17) is 5.10 Å². The fourth-order valence-electron chi connectivity index (χ4n) is 3.93. The fraction of sp³-hybridized carbons (Fsp3) is 0.348. The summed E-state index contributed by atoms with van der Waals surface area (Å²) in [5.41, 5.74) is 4.50. The Kier molecular flexibility index (Phi) is 5.86. The second-order valence-electron chi connectivity index (χ2n) is 7.53. The second-order valence-corrected chi connectivity index (χ2v) is 7.53. The first-order valence-corrected chi connectivity index (χ1v) is 9.97. The van der Waals surface area contributed by atoms with E-state index in [2.05, 4.69) is 59.4 Å². The molecule has 28 heavy (non-hydrogen) atoms. The van der Waals surface area contributed by atoms with Crippen LogP contribution >= 0.6 is 0 Å². The highest BCUT2D eigenvalue weighted by atomic mass is 16.3. The first-order valence-electron chi connectivity index (χ1n) is 9.97. The van der Waals surface area contributed by atoms with Crippen molar-refractivity contribution < 1.29 is 5.11 Å². The number of hydrogen-bond donors (Lipinski definition) is 1. The van der Waals surface area contributed by atoms with Crippen LogP contribution < -0.4 is 0 Å². The van der Waals surface area contributed by atoms with Gasteiger partial charge < -0.3 is 10.0 Å². The normalized spacial score (nSPS) is 18.4. The number of piperazine rings is 1. The van der Waals surface area contributed by atoms with Gasteiger partial charge in [-0.3, -0.25) is 4.90 Å². The number of benzene rings is 2. The Bertz CT molecular complexity index is 878. The molecule has 0 amide bonds. The minimum atomic E-state index is 0.240. The summed E-state index contributed by atoms with van der Waals surface area (Å²) >= 11 is 0. The Hall–Kier alpha value is -2.47. The van der Waals surface area contributed by atoms with Gasteiger partial charge in [-0.2, -0.15) is 5.10 Å². The molecule has 1 N–H and O–H groups in total. The summed E-state index contributed by atoms with van der Waals surface area (Å²) < 4.78 is 1.99. The minimum Gasteiger partial charge on any atom is -0.396 e. The molecule has 5 nitrogen and oxygen atoms in total. The van der Waals surface area contributed by atoms with Gasteiger partial charge in [0, 0.05) is 56.2 Å². The van der Waals surface area contributed by atoms with Gasteiger partial charge in [0.2, 0.25) is 0 Å². The summed E-state index contributed by atoms with van der Waals surface area (Å²) in [6.45, 7) is 4.14. The number of aliphatic hydroxyl groups is 1. The van der Waals surface area contributed by atoms with Gasteiger partial charge in [0.25, 0.3) is 0 Å². The average molecular weight is 377 g/mol. The van der Waals surface area contributed by atoms with Crippen molar-refractivity contribution in [1.29, 1.82) is 0 Å². The molecule has 1 atom stereocenters. The molecule has 2 aromatic carbocycles. The monoisotopic (exact) mass is 376 g/mol. The fourth-order valence-corrected chi connectivity index (χ4v) is 3.93. The van der Waals surface area contributed by atoms with Gasteiger partial charge in [-0.1, -0.05) is 48.5 Å². The zero-order chi connectivity index (χ0) is 19.3. The van der Waals surface area contributed by atoms with Crippen LogP contribution in [0.25, 0.3) is 16.9 Å². The molecular weight excluding hydrogens is 348 g/mol.